The summed E-state index contributed by atoms with van der Waals surface area (Å²) in [6.07, 6.45) is 0. The smallest absolute Gasteiger partial charge is 0.270 e. The van der Waals surface area contributed by atoms with E-state index in [4.69, 9.17) is 4.42 Å². The normalized spacial score (nSPS) is 11.0. The molecule has 0 N–H and O–H groups in total. The molecule has 0 saturated carbocycles. The number of rotatable bonds is 3. The highest BCUT2D eigenvalue weighted by atomic mass is 32.1. The molecule has 0 spiro atoms. The predicted octanol–water partition coefficient (Wildman–Crippen LogP) is 4.83. The Labute approximate surface area is 140 Å². The fourth-order valence-electron chi connectivity index (χ4n) is 2.39. The first kappa shape index (κ1) is 14.5. The van der Waals surface area contributed by atoms with Crippen LogP contribution in [0.4, 0.5) is 5.69 Å². The zero-order valence-corrected chi connectivity index (χ0v) is 13.4. The van der Waals surface area contributed by atoms with Gasteiger partial charge in [-0.25, -0.2) is 0 Å². The van der Waals surface area contributed by atoms with Crippen LogP contribution in [0.25, 0.3) is 32.3 Å². The number of hydrogen-bond acceptors (Lipinski definition) is 6. The molecule has 24 heavy (non-hydrogen) atoms. The molecule has 0 radical (unpaired) electrons. The number of aryl methyl sites for hydroxylation is 1. The first-order valence-electron chi connectivity index (χ1n) is 7.19. The van der Waals surface area contributed by atoms with E-state index in [1.54, 1.807) is 12.1 Å². The van der Waals surface area contributed by atoms with Gasteiger partial charge in [-0.2, -0.15) is 0 Å². The van der Waals surface area contributed by atoms with Crippen LogP contribution in [0.5, 0.6) is 0 Å². The average molecular weight is 337 g/mol. The summed E-state index contributed by atoms with van der Waals surface area (Å²) in [5.41, 5.74) is 2.08. The van der Waals surface area contributed by atoms with Crippen molar-refractivity contribution >= 4 is 27.1 Å². The third kappa shape index (κ3) is 2.55. The molecule has 0 aliphatic carbocycles. The standard InChI is InChI=1S/C17H11N3O3S/c1-10-2-4-11(5-3-10)16-18-19-17(23-16)15-9-12-8-13(20(21)22)6-7-14(12)24-15/h2-9H,1H3. The minimum absolute atomic E-state index is 0.0673. The summed E-state index contributed by atoms with van der Waals surface area (Å²) in [6.45, 7) is 2.01. The summed E-state index contributed by atoms with van der Waals surface area (Å²) in [6, 6.07) is 14.4. The van der Waals surface area contributed by atoms with Crippen molar-refractivity contribution in [1.29, 1.82) is 0 Å². The molecule has 0 saturated heterocycles. The van der Waals surface area contributed by atoms with Crippen LogP contribution in [0, 0.1) is 17.0 Å². The van der Waals surface area contributed by atoms with Gasteiger partial charge in [0.15, 0.2) is 0 Å². The summed E-state index contributed by atoms with van der Waals surface area (Å²) >= 11 is 1.46. The molecule has 0 aliphatic rings. The van der Waals surface area contributed by atoms with E-state index in [2.05, 4.69) is 10.2 Å². The molecule has 118 valence electrons. The number of non-ortho nitro benzene ring substituents is 1. The molecule has 4 rings (SSSR count). The van der Waals surface area contributed by atoms with Gasteiger partial charge in [0.1, 0.15) is 0 Å². The number of nitrogens with zero attached hydrogens (tertiary/aromatic N) is 3. The average Bonchev–Trinajstić information content (AvgIpc) is 3.21. The number of nitro groups is 1. The van der Waals surface area contributed by atoms with Crippen molar-refractivity contribution in [2.24, 2.45) is 0 Å². The Morgan fingerprint density at radius 2 is 1.79 bits per heavy atom. The SMILES string of the molecule is Cc1ccc(-c2nnc(-c3cc4cc([N+](=O)[O-])ccc4s3)o2)cc1. The van der Waals surface area contributed by atoms with Crippen molar-refractivity contribution in [2.45, 2.75) is 6.92 Å². The van der Waals surface area contributed by atoms with Crippen molar-refractivity contribution in [3.8, 4) is 22.2 Å². The Balaban J connectivity index is 1.72. The molecule has 0 amide bonds. The van der Waals surface area contributed by atoms with Crippen LogP contribution in [0.15, 0.2) is 52.9 Å². The maximum Gasteiger partial charge on any atom is 0.270 e. The Bertz CT molecular complexity index is 1050. The second-order valence-electron chi connectivity index (χ2n) is 5.37. The van der Waals surface area contributed by atoms with Gasteiger partial charge in [0.25, 0.3) is 11.6 Å². The lowest BCUT2D eigenvalue weighted by Crippen LogP contribution is -1.85. The maximum atomic E-state index is 10.9. The van der Waals surface area contributed by atoms with Crippen LogP contribution in [0.2, 0.25) is 0 Å². The van der Waals surface area contributed by atoms with E-state index in [1.807, 2.05) is 37.3 Å². The molecule has 7 heteroatoms. The third-order valence-corrected chi connectivity index (χ3v) is 4.75. The lowest BCUT2D eigenvalue weighted by molar-refractivity contribution is -0.384. The molecule has 2 aromatic carbocycles. The highest BCUT2D eigenvalue weighted by Gasteiger charge is 2.15. The summed E-state index contributed by atoms with van der Waals surface area (Å²) in [5.74, 6) is 0.864. The molecule has 4 aromatic rings. The van der Waals surface area contributed by atoms with Gasteiger partial charge in [-0.3, -0.25) is 10.1 Å². The fourth-order valence-corrected chi connectivity index (χ4v) is 3.35. The van der Waals surface area contributed by atoms with Crippen molar-refractivity contribution in [3.63, 3.8) is 0 Å². The largest absolute Gasteiger partial charge is 0.415 e. The van der Waals surface area contributed by atoms with Gasteiger partial charge < -0.3 is 4.42 Å². The molecular formula is C17H11N3O3S. The van der Waals surface area contributed by atoms with E-state index in [0.29, 0.717) is 11.8 Å². The molecule has 6 nitrogen and oxygen atoms in total. The summed E-state index contributed by atoms with van der Waals surface area (Å²) in [5, 5.41) is 19.9. The van der Waals surface area contributed by atoms with Gasteiger partial charge in [-0.15, -0.1) is 21.5 Å². The number of nitro benzene ring substituents is 1. The van der Waals surface area contributed by atoms with E-state index in [1.165, 1.54) is 17.4 Å². The van der Waals surface area contributed by atoms with Gasteiger partial charge in [-0.05, 0) is 31.2 Å². The second-order valence-corrected chi connectivity index (χ2v) is 6.45. The van der Waals surface area contributed by atoms with Crippen molar-refractivity contribution in [1.82, 2.24) is 10.2 Å². The topological polar surface area (TPSA) is 82.1 Å². The molecule has 0 unspecified atom stereocenters. The number of thiophene rings is 1. The predicted molar refractivity (Wildman–Crippen MR) is 91.9 cm³/mol. The number of fused-ring (bicyclic) bond motifs is 1. The molecule has 0 atom stereocenters. The number of aromatic nitrogens is 2. The zero-order valence-electron chi connectivity index (χ0n) is 12.6. The van der Waals surface area contributed by atoms with E-state index in [9.17, 15) is 10.1 Å². The molecular weight excluding hydrogens is 326 g/mol. The minimum atomic E-state index is -0.404. The van der Waals surface area contributed by atoms with Gasteiger partial charge in [0.05, 0.1) is 9.80 Å². The van der Waals surface area contributed by atoms with Crippen LogP contribution >= 0.6 is 11.3 Å². The van der Waals surface area contributed by atoms with Crippen LogP contribution in [-0.4, -0.2) is 15.1 Å². The fraction of sp³-hybridized carbons (Fsp3) is 0.0588. The lowest BCUT2D eigenvalue weighted by Gasteiger charge is -1.94. The Morgan fingerprint density at radius 3 is 2.54 bits per heavy atom. The summed E-state index contributed by atoms with van der Waals surface area (Å²) in [7, 11) is 0. The molecule has 2 heterocycles. The van der Waals surface area contributed by atoms with Gasteiger partial charge in [0.2, 0.25) is 5.89 Å². The van der Waals surface area contributed by atoms with E-state index in [0.717, 1.165) is 26.1 Å². The first-order valence-corrected chi connectivity index (χ1v) is 8.01. The first-order chi connectivity index (χ1) is 11.6. The molecule has 0 bridgehead atoms. The Hall–Kier alpha value is -3.06. The van der Waals surface area contributed by atoms with Crippen LogP contribution in [0.1, 0.15) is 5.56 Å². The molecule has 2 aromatic heterocycles. The Kier molecular flexibility index (Phi) is 3.35. The van der Waals surface area contributed by atoms with Gasteiger partial charge in [0, 0.05) is 27.8 Å². The van der Waals surface area contributed by atoms with Crippen LogP contribution in [-0.2, 0) is 0 Å². The summed E-state index contributed by atoms with van der Waals surface area (Å²) < 4.78 is 6.69. The van der Waals surface area contributed by atoms with E-state index in [-0.39, 0.29) is 5.69 Å². The van der Waals surface area contributed by atoms with Crippen molar-refractivity contribution in [3.05, 3.63) is 64.2 Å². The monoisotopic (exact) mass is 337 g/mol. The second kappa shape index (κ2) is 5.54. The highest BCUT2D eigenvalue weighted by molar-refractivity contribution is 7.22. The maximum absolute atomic E-state index is 10.9. The summed E-state index contributed by atoms with van der Waals surface area (Å²) in [4.78, 5) is 11.3. The van der Waals surface area contributed by atoms with Gasteiger partial charge in [-0.1, -0.05) is 17.7 Å². The van der Waals surface area contributed by atoms with Crippen LogP contribution < -0.4 is 0 Å². The van der Waals surface area contributed by atoms with Gasteiger partial charge >= 0.3 is 0 Å². The van der Waals surface area contributed by atoms with Crippen molar-refractivity contribution in [2.75, 3.05) is 0 Å². The Morgan fingerprint density at radius 1 is 1.04 bits per heavy atom. The molecule has 0 aliphatic heterocycles. The third-order valence-electron chi connectivity index (χ3n) is 3.65. The quantitative estimate of drug-likeness (QED) is 0.395. The van der Waals surface area contributed by atoms with Crippen molar-refractivity contribution < 1.29 is 9.34 Å². The number of hydrogen-bond donors (Lipinski definition) is 0. The molecule has 0 fully saturated rings. The van der Waals surface area contributed by atoms with Crippen LogP contribution in [0.3, 0.4) is 0 Å². The zero-order chi connectivity index (χ0) is 16.7. The van der Waals surface area contributed by atoms with E-state index >= 15 is 0 Å². The highest BCUT2D eigenvalue weighted by Crippen LogP contribution is 2.35. The lowest BCUT2D eigenvalue weighted by atomic mass is 10.1. The van der Waals surface area contributed by atoms with E-state index < -0.39 is 4.92 Å². The number of benzene rings is 2. The minimum Gasteiger partial charge on any atom is -0.415 e.